The van der Waals surface area contributed by atoms with Gasteiger partial charge in [0.1, 0.15) is 17.4 Å². The summed E-state index contributed by atoms with van der Waals surface area (Å²) in [5.74, 6) is -0.213. The highest BCUT2D eigenvalue weighted by Crippen LogP contribution is 2.23. The zero-order valence-corrected chi connectivity index (χ0v) is 14.5. The lowest BCUT2D eigenvalue weighted by Gasteiger charge is -2.17. The van der Waals surface area contributed by atoms with Crippen molar-refractivity contribution in [2.75, 3.05) is 7.11 Å². The Kier molecular flexibility index (Phi) is 5.80. The molecule has 0 saturated heterocycles. The summed E-state index contributed by atoms with van der Waals surface area (Å²) in [4.78, 5) is 35.5. The van der Waals surface area contributed by atoms with Crippen molar-refractivity contribution in [2.45, 2.75) is 32.7 Å². The Morgan fingerprint density at radius 1 is 1.28 bits per heavy atom. The summed E-state index contributed by atoms with van der Waals surface area (Å²) in [6.07, 6.45) is 0.395. The van der Waals surface area contributed by atoms with E-state index >= 15 is 0 Å². The number of amides is 2. The minimum absolute atomic E-state index is 0.105. The number of benzene rings is 1. The lowest BCUT2D eigenvalue weighted by molar-refractivity contribution is -0.127. The molecule has 1 aromatic carbocycles. The first-order chi connectivity index (χ1) is 11.8. The highest BCUT2D eigenvalue weighted by Gasteiger charge is 2.21. The molecule has 2 amide bonds. The molecule has 3 N–H and O–H groups in total. The van der Waals surface area contributed by atoms with Crippen molar-refractivity contribution >= 4 is 22.8 Å². The first-order valence-corrected chi connectivity index (χ1v) is 7.99. The largest absolute Gasteiger partial charge is 0.497 e. The second-order valence-electron chi connectivity index (χ2n) is 6.28. The predicted octanol–water partition coefficient (Wildman–Crippen LogP) is 1.36. The second-order valence-corrected chi connectivity index (χ2v) is 6.28. The monoisotopic (exact) mass is 346 g/mol. The standard InChI is InChI=1S/C18H22N2O5/c1-10(2)6-16(21)20-14(18(19)23)7-11-8-17(22)25-15-9-12(24-3)4-5-13(11)15/h4-5,8-10,14H,6-7H2,1-3H3,(H2,19,23)(H,20,21)/t14-/m0/s1. The molecule has 2 rings (SSSR count). The van der Waals surface area contributed by atoms with Gasteiger partial charge < -0.3 is 20.2 Å². The third kappa shape index (κ3) is 4.82. The van der Waals surface area contributed by atoms with Gasteiger partial charge in [0, 0.05) is 30.4 Å². The van der Waals surface area contributed by atoms with Gasteiger partial charge in [-0.15, -0.1) is 0 Å². The van der Waals surface area contributed by atoms with Gasteiger partial charge in [-0.05, 0) is 23.6 Å². The highest BCUT2D eigenvalue weighted by atomic mass is 16.5. The van der Waals surface area contributed by atoms with Gasteiger partial charge in [0.2, 0.25) is 11.8 Å². The summed E-state index contributed by atoms with van der Waals surface area (Å²) in [5, 5.41) is 3.29. The molecule has 0 aliphatic rings. The fourth-order valence-corrected chi connectivity index (χ4v) is 2.57. The predicted molar refractivity (Wildman–Crippen MR) is 93.3 cm³/mol. The molecule has 1 heterocycles. The molecule has 0 aliphatic carbocycles. The van der Waals surface area contributed by atoms with Crippen molar-refractivity contribution in [3.05, 3.63) is 40.2 Å². The van der Waals surface area contributed by atoms with Crippen molar-refractivity contribution in [1.82, 2.24) is 5.32 Å². The van der Waals surface area contributed by atoms with E-state index in [-0.39, 0.29) is 18.2 Å². The van der Waals surface area contributed by atoms with Crippen LogP contribution in [0.3, 0.4) is 0 Å². The van der Waals surface area contributed by atoms with E-state index in [4.69, 9.17) is 14.9 Å². The number of fused-ring (bicyclic) bond motifs is 1. The van der Waals surface area contributed by atoms with E-state index < -0.39 is 17.6 Å². The first-order valence-electron chi connectivity index (χ1n) is 7.99. The summed E-state index contributed by atoms with van der Waals surface area (Å²) in [7, 11) is 1.51. The first kappa shape index (κ1) is 18.5. The minimum atomic E-state index is -0.904. The topological polar surface area (TPSA) is 112 Å². The molecule has 0 saturated carbocycles. The summed E-state index contributed by atoms with van der Waals surface area (Å²) < 4.78 is 10.3. The van der Waals surface area contributed by atoms with E-state index in [0.717, 1.165) is 0 Å². The van der Waals surface area contributed by atoms with Crippen molar-refractivity contribution in [3.8, 4) is 5.75 Å². The van der Waals surface area contributed by atoms with E-state index in [1.54, 1.807) is 18.2 Å². The highest BCUT2D eigenvalue weighted by molar-refractivity contribution is 5.88. The number of nitrogens with one attached hydrogen (secondary N) is 1. The average molecular weight is 346 g/mol. The Morgan fingerprint density at radius 2 is 2.00 bits per heavy atom. The quantitative estimate of drug-likeness (QED) is 0.735. The fourth-order valence-electron chi connectivity index (χ4n) is 2.57. The van der Waals surface area contributed by atoms with Gasteiger partial charge in [0.05, 0.1) is 7.11 Å². The summed E-state index contributed by atoms with van der Waals surface area (Å²) in [6, 6.07) is 5.46. The van der Waals surface area contributed by atoms with Crippen LogP contribution in [0.5, 0.6) is 5.75 Å². The van der Waals surface area contributed by atoms with E-state index in [9.17, 15) is 14.4 Å². The van der Waals surface area contributed by atoms with Gasteiger partial charge >= 0.3 is 5.63 Å². The fraction of sp³-hybridized carbons (Fsp3) is 0.389. The molecule has 7 nitrogen and oxygen atoms in total. The summed E-state index contributed by atoms with van der Waals surface area (Å²) >= 11 is 0. The smallest absolute Gasteiger partial charge is 0.336 e. The number of hydrogen-bond acceptors (Lipinski definition) is 5. The zero-order chi connectivity index (χ0) is 18.6. The number of ether oxygens (including phenoxy) is 1. The van der Waals surface area contributed by atoms with Gasteiger partial charge in [-0.3, -0.25) is 9.59 Å². The van der Waals surface area contributed by atoms with Crippen LogP contribution in [-0.2, 0) is 16.0 Å². The van der Waals surface area contributed by atoms with Crippen LogP contribution in [0.1, 0.15) is 25.8 Å². The van der Waals surface area contributed by atoms with Crippen molar-refractivity contribution < 1.29 is 18.7 Å². The molecule has 0 fully saturated rings. The number of hydrogen-bond donors (Lipinski definition) is 2. The molecule has 0 radical (unpaired) electrons. The maximum Gasteiger partial charge on any atom is 0.336 e. The van der Waals surface area contributed by atoms with Crippen LogP contribution in [0.4, 0.5) is 0 Å². The van der Waals surface area contributed by atoms with Crippen LogP contribution in [0.25, 0.3) is 11.0 Å². The molecule has 0 aliphatic heterocycles. The van der Waals surface area contributed by atoms with Crippen LogP contribution in [0.15, 0.2) is 33.5 Å². The number of carbonyl (C=O) groups excluding carboxylic acids is 2. The van der Waals surface area contributed by atoms with Gasteiger partial charge in [-0.2, -0.15) is 0 Å². The van der Waals surface area contributed by atoms with Gasteiger partial charge in [-0.25, -0.2) is 4.79 Å². The second kappa shape index (κ2) is 7.83. The van der Waals surface area contributed by atoms with Crippen LogP contribution in [0, 0.1) is 5.92 Å². The lowest BCUT2D eigenvalue weighted by Crippen LogP contribution is -2.46. The van der Waals surface area contributed by atoms with Crippen LogP contribution in [-0.4, -0.2) is 25.0 Å². The SMILES string of the molecule is COc1ccc2c(C[C@H](NC(=O)CC(C)C)C(N)=O)cc(=O)oc2c1. The molecule has 2 aromatic rings. The number of rotatable bonds is 7. The number of nitrogens with two attached hydrogens (primary N) is 1. The van der Waals surface area contributed by atoms with Gasteiger partial charge in [-0.1, -0.05) is 13.8 Å². The molecular formula is C18H22N2O5. The molecule has 134 valence electrons. The van der Waals surface area contributed by atoms with E-state index in [1.165, 1.54) is 13.2 Å². The Bertz CT molecular complexity index is 841. The van der Waals surface area contributed by atoms with Crippen LogP contribution in [0.2, 0.25) is 0 Å². The maximum absolute atomic E-state index is 12.0. The van der Waals surface area contributed by atoms with Gasteiger partial charge in [0.15, 0.2) is 0 Å². The zero-order valence-electron chi connectivity index (χ0n) is 14.5. The van der Waals surface area contributed by atoms with Crippen molar-refractivity contribution in [1.29, 1.82) is 0 Å². The Balaban J connectivity index is 2.34. The number of primary amides is 1. The Morgan fingerprint density at radius 3 is 2.60 bits per heavy atom. The minimum Gasteiger partial charge on any atom is -0.497 e. The normalized spacial score (nSPS) is 12.2. The van der Waals surface area contributed by atoms with Crippen molar-refractivity contribution in [2.24, 2.45) is 11.7 Å². The molecule has 7 heteroatoms. The molecule has 0 bridgehead atoms. The molecule has 0 unspecified atom stereocenters. The maximum atomic E-state index is 12.0. The van der Waals surface area contributed by atoms with E-state index in [0.29, 0.717) is 28.7 Å². The molecule has 0 spiro atoms. The molecule has 25 heavy (non-hydrogen) atoms. The summed E-state index contributed by atoms with van der Waals surface area (Å²) in [5.41, 5.74) is 5.79. The van der Waals surface area contributed by atoms with Gasteiger partial charge in [0.25, 0.3) is 0 Å². The van der Waals surface area contributed by atoms with E-state index in [2.05, 4.69) is 5.32 Å². The molecule has 1 aromatic heterocycles. The van der Waals surface area contributed by atoms with Crippen LogP contribution >= 0.6 is 0 Å². The third-order valence-electron chi connectivity index (χ3n) is 3.73. The number of carbonyl (C=O) groups is 2. The third-order valence-corrected chi connectivity index (χ3v) is 3.73. The van der Waals surface area contributed by atoms with Crippen LogP contribution < -0.4 is 21.4 Å². The average Bonchev–Trinajstić information content (AvgIpc) is 2.52. The van der Waals surface area contributed by atoms with E-state index in [1.807, 2.05) is 13.8 Å². The van der Waals surface area contributed by atoms with Crippen molar-refractivity contribution in [3.63, 3.8) is 0 Å². The molecule has 1 atom stereocenters. The molecular weight excluding hydrogens is 324 g/mol. The Labute approximate surface area is 145 Å². The summed E-state index contributed by atoms with van der Waals surface area (Å²) in [6.45, 7) is 3.81. The lowest BCUT2D eigenvalue weighted by atomic mass is 10.0. The number of methoxy groups -OCH3 is 1. The Hall–Kier alpha value is -2.83.